The van der Waals surface area contributed by atoms with Crippen molar-refractivity contribution in [1.82, 2.24) is 5.32 Å². The van der Waals surface area contributed by atoms with Crippen LogP contribution in [0.1, 0.15) is 40.7 Å². The maximum Gasteiger partial charge on any atom is 0.335 e. The van der Waals surface area contributed by atoms with Crippen LogP contribution in [0, 0.1) is 5.92 Å². The molecule has 2 aromatic carbocycles. The molecule has 0 spiro atoms. The molecule has 0 heterocycles. The molecule has 4 nitrogen and oxygen atoms in total. The number of amides is 1. The van der Waals surface area contributed by atoms with Gasteiger partial charge in [-0.2, -0.15) is 0 Å². The molecule has 3 rings (SSSR count). The van der Waals surface area contributed by atoms with Crippen molar-refractivity contribution in [3.8, 4) is 0 Å². The fraction of sp³-hybridized carbons (Fsp3) is 0.333. The third-order valence-corrected chi connectivity index (χ3v) is 4.91. The van der Waals surface area contributed by atoms with Crippen molar-refractivity contribution in [3.05, 3.63) is 71.3 Å². The Labute approximate surface area is 147 Å². The summed E-state index contributed by atoms with van der Waals surface area (Å²) >= 11 is 0. The maximum atomic E-state index is 12.4. The van der Waals surface area contributed by atoms with Crippen molar-refractivity contribution >= 4 is 11.9 Å². The van der Waals surface area contributed by atoms with Crippen molar-refractivity contribution in [2.45, 2.75) is 38.1 Å². The number of carbonyl (C=O) groups is 2. The van der Waals surface area contributed by atoms with E-state index in [-0.39, 0.29) is 23.9 Å². The monoisotopic (exact) mass is 337 g/mol. The van der Waals surface area contributed by atoms with E-state index < -0.39 is 5.97 Å². The van der Waals surface area contributed by atoms with Crippen LogP contribution in [0.3, 0.4) is 0 Å². The summed E-state index contributed by atoms with van der Waals surface area (Å²) in [5.74, 6) is -0.459. The molecule has 1 amide bonds. The van der Waals surface area contributed by atoms with E-state index >= 15 is 0 Å². The first kappa shape index (κ1) is 17.2. The Morgan fingerprint density at radius 2 is 1.68 bits per heavy atom. The molecule has 1 aliphatic rings. The molecule has 0 aliphatic heterocycles. The van der Waals surface area contributed by atoms with Crippen LogP contribution < -0.4 is 5.32 Å². The zero-order valence-corrected chi connectivity index (χ0v) is 14.2. The van der Waals surface area contributed by atoms with Crippen LogP contribution in [0.5, 0.6) is 0 Å². The lowest BCUT2D eigenvalue weighted by atomic mass is 9.94. The second-order valence-electron chi connectivity index (χ2n) is 6.73. The molecule has 1 aliphatic carbocycles. The normalized spacial score (nSPS) is 19.5. The van der Waals surface area contributed by atoms with Crippen LogP contribution in [0.15, 0.2) is 54.6 Å². The van der Waals surface area contributed by atoms with E-state index in [9.17, 15) is 9.59 Å². The molecule has 130 valence electrons. The minimum absolute atomic E-state index is 0.00744. The van der Waals surface area contributed by atoms with E-state index in [4.69, 9.17) is 5.11 Å². The third kappa shape index (κ3) is 4.69. The summed E-state index contributed by atoms with van der Waals surface area (Å²) in [6.45, 7) is 0. The van der Waals surface area contributed by atoms with Gasteiger partial charge >= 0.3 is 5.97 Å². The van der Waals surface area contributed by atoms with Gasteiger partial charge in [-0.05, 0) is 48.4 Å². The predicted octanol–water partition coefficient (Wildman–Crippen LogP) is 3.45. The van der Waals surface area contributed by atoms with Gasteiger partial charge in [0, 0.05) is 6.04 Å². The Hall–Kier alpha value is -2.62. The minimum atomic E-state index is -0.953. The Morgan fingerprint density at radius 1 is 0.960 bits per heavy atom. The summed E-state index contributed by atoms with van der Waals surface area (Å²) in [5, 5.41) is 12.1. The maximum absolute atomic E-state index is 12.4. The lowest BCUT2D eigenvalue weighted by Crippen LogP contribution is -2.38. The summed E-state index contributed by atoms with van der Waals surface area (Å²) in [4.78, 5) is 23.2. The summed E-state index contributed by atoms with van der Waals surface area (Å²) in [6.07, 6.45) is 4.61. The molecular weight excluding hydrogens is 314 g/mol. The molecule has 1 saturated carbocycles. The van der Waals surface area contributed by atoms with Gasteiger partial charge in [-0.3, -0.25) is 4.79 Å². The van der Waals surface area contributed by atoms with Crippen molar-refractivity contribution in [2.24, 2.45) is 5.92 Å². The number of nitrogens with one attached hydrogen (secondary N) is 1. The zero-order valence-electron chi connectivity index (χ0n) is 14.2. The first-order valence-electron chi connectivity index (χ1n) is 8.77. The minimum Gasteiger partial charge on any atom is -0.478 e. The lowest BCUT2D eigenvalue weighted by molar-refractivity contribution is -0.121. The van der Waals surface area contributed by atoms with E-state index in [0.717, 1.165) is 31.2 Å². The predicted molar refractivity (Wildman–Crippen MR) is 96.5 cm³/mol. The zero-order chi connectivity index (χ0) is 17.6. The second-order valence-corrected chi connectivity index (χ2v) is 6.73. The Balaban J connectivity index is 1.55. The van der Waals surface area contributed by atoms with Gasteiger partial charge in [-0.25, -0.2) is 4.79 Å². The number of carboxylic acid groups (broad SMARTS) is 1. The topological polar surface area (TPSA) is 66.4 Å². The highest BCUT2D eigenvalue weighted by Gasteiger charge is 2.28. The number of carbonyl (C=O) groups excluding carboxylic acids is 1. The molecule has 0 saturated heterocycles. The van der Waals surface area contributed by atoms with Crippen molar-refractivity contribution in [2.75, 3.05) is 0 Å². The van der Waals surface area contributed by atoms with Crippen LogP contribution in [0.25, 0.3) is 0 Å². The van der Waals surface area contributed by atoms with Crippen molar-refractivity contribution < 1.29 is 14.7 Å². The first-order chi connectivity index (χ1) is 12.1. The summed E-state index contributed by atoms with van der Waals surface area (Å²) in [7, 11) is 0. The standard InChI is InChI=1S/C21H23NO3/c23-20(14-16-9-11-17(12-10-16)21(24)25)22-19-8-4-7-18(19)13-15-5-2-1-3-6-15/h1-3,5-6,9-12,18-19H,4,7-8,13-14H2,(H,22,23)(H,24,25). The van der Waals surface area contributed by atoms with Crippen molar-refractivity contribution in [1.29, 1.82) is 0 Å². The Kier molecular flexibility index (Phi) is 5.49. The molecule has 2 unspecified atom stereocenters. The van der Waals surface area contributed by atoms with Crippen LogP contribution in [-0.2, 0) is 17.6 Å². The molecule has 4 heteroatoms. The van der Waals surface area contributed by atoms with Gasteiger partial charge < -0.3 is 10.4 Å². The van der Waals surface area contributed by atoms with Gasteiger partial charge in [0.15, 0.2) is 0 Å². The van der Waals surface area contributed by atoms with Gasteiger partial charge in [0.05, 0.1) is 12.0 Å². The fourth-order valence-corrected chi connectivity index (χ4v) is 3.60. The molecule has 2 aromatic rings. The molecule has 0 radical (unpaired) electrons. The molecule has 2 atom stereocenters. The Morgan fingerprint density at radius 3 is 2.36 bits per heavy atom. The van der Waals surface area contributed by atoms with Crippen LogP contribution in [0.4, 0.5) is 0 Å². The van der Waals surface area contributed by atoms with Crippen LogP contribution in [-0.4, -0.2) is 23.0 Å². The summed E-state index contributed by atoms with van der Waals surface area (Å²) in [5.41, 5.74) is 2.39. The first-order valence-corrected chi connectivity index (χ1v) is 8.77. The molecular formula is C21H23NO3. The number of aromatic carboxylic acids is 1. The van der Waals surface area contributed by atoms with E-state index in [0.29, 0.717) is 5.92 Å². The lowest BCUT2D eigenvalue weighted by Gasteiger charge is -2.21. The highest BCUT2D eigenvalue weighted by Crippen LogP contribution is 2.29. The van der Waals surface area contributed by atoms with Gasteiger partial charge in [0.2, 0.25) is 5.91 Å². The smallest absolute Gasteiger partial charge is 0.335 e. The van der Waals surface area contributed by atoms with Crippen molar-refractivity contribution in [3.63, 3.8) is 0 Å². The number of benzene rings is 2. The number of rotatable bonds is 6. The van der Waals surface area contributed by atoms with Gasteiger partial charge in [0.25, 0.3) is 0 Å². The van der Waals surface area contributed by atoms with Gasteiger partial charge in [-0.1, -0.05) is 48.9 Å². The molecule has 1 fully saturated rings. The van der Waals surface area contributed by atoms with Gasteiger partial charge in [-0.15, -0.1) is 0 Å². The molecule has 0 bridgehead atoms. The summed E-state index contributed by atoms with van der Waals surface area (Å²) in [6, 6.07) is 17.1. The molecule has 0 aromatic heterocycles. The van der Waals surface area contributed by atoms with E-state index in [1.807, 2.05) is 6.07 Å². The van der Waals surface area contributed by atoms with E-state index in [1.54, 1.807) is 24.3 Å². The largest absolute Gasteiger partial charge is 0.478 e. The number of carboxylic acids is 1. The number of hydrogen-bond acceptors (Lipinski definition) is 2. The fourth-order valence-electron chi connectivity index (χ4n) is 3.60. The number of hydrogen-bond donors (Lipinski definition) is 2. The summed E-state index contributed by atoms with van der Waals surface area (Å²) < 4.78 is 0. The highest BCUT2D eigenvalue weighted by atomic mass is 16.4. The molecule has 2 N–H and O–H groups in total. The average Bonchev–Trinajstić information content (AvgIpc) is 3.03. The second kappa shape index (κ2) is 7.97. The molecule has 25 heavy (non-hydrogen) atoms. The quantitative estimate of drug-likeness (QED) is 0.848. The average molecular weight is 337 g/mol. The Bertz CT molecular complexity index is 725. The van der Waals surface area contributed by atoms with Crippen LogP contribution in [0.2, 0.25) is 0 Å². The SMILES string of the molecule is O=C(Cc1ccc(C(=O)O)cc1)NC1CCCC1Cc1ccccc1. The van der Waals surface area contributed by atoms with Crippen LogP contribution >= 0.6 is 0 Å². The van der Waals surface area contributed by atoms with E-state index in [2.05, 4.69) is 29.6 Å². The highest BCUT2D eigenvalue weighted by molar-refractivity contribution is 5.87. The van der Waals surface area contributed by atoms with Gasteiger partial charge in [0.1, 0.15) is 0 Å². The third-order valence-electron chi connectivity index (χ3n) is 4.91. The van der Waals surface area contributed by atoms with E-state index in [1.165, 1.54) is 5.56 Å².